The highest BCUT2D eigenvalue weighted by Crippen LogP contribution is 2.39. The molecule has 0 fully saturated rings. The van der Waals surface area contributed by atoms with Crippen LogP contribution < -0.4 is 5.32 Å². The zero-order valence-corrected chi connectivity index (χ0v) is 27.5. The van der Waals surface area contributed by atoms with Crippen LogP contribution in [0, 0.1) is 0 Å². The van der Waals surface area contributed by atoms with Crippen molar-refractivity contribution in [1.29, 1.82) is 0 Å². The largest absolute Gasteiger partial charge is 0.355 e. The van der Waals surface area contributed by atoms with Gasteiger partial charge in [0.25, 0.3) is 0 Å². The molecule has 9 aromatic rings. The quantitative estimate of drug-likeness (QED) is 0.184. The second-order valence-electron chi connectivity index (χ2n) is 12.7. The Morgan fingerprint density at radius 3 is 1.58 bits per heavy atom. The Bertz CT molecular complexity index is 2580. The van der Waals surface area contributed by atoms with Crippen LogP contribution in [-0.2, 0) is 0 Å². The monoisotopic (exact) mass is 638 g/mol. The van der Waals surface area contributed by atoms with Crippen molar-refractivity contribution in [2.45, 2.75) is 0 Å². The first kappa shape index (κ1) is 29.5. The van der Waals surface area contributed by atoms with E-state index in [9.17, 15) is 0 Å². The highest BCUT2D eigenvalue weighted by atomic mass is 15.0. The van der Waals surface area contributed by atoms with Gasteiger partial charge in [0, 0.05) is 33.4 Å². The summed E-state index contributed by atoms with van der Waals surface area (Å²) in [5.74, 6) is 0. The van der Waals surface area contributed by atoms with Crippen LogP contribution in [0.25, 0.3) is 72.0 Å². The lowest BCUT2D eigenvalue weighted by Crippen LogP contribution is -1.95. The van der Waals surface area contributed by atoms with E-state index in [1.165, 1.54) is 60.8 Å². The first-order valence-corrected chi connectivity index (χ1v) is 17.1. The fourth-order valence-corrected chi connectivity index (χ4v) is 7.11. The Morgan fingerprint density at radius 1 is 0.320 bits per heavy atom. The Kier molecular flexibility index (Phi) is 7.53. The molecule has 0 amide bonds. The summed E-state index contributed by atoms with van der Waals surface area (Å²) in [7, 11) is 0. The Morgan fingerprint density at radius 2 is 0.840 bits per heavy atom. The Balaban J connectivity index is 1.12. The zero-order chi connectivity index (χ0) is 33.3. The van der Waals surface area contributed by atoms with Gasteiger partial charge in [-0.05, 0) is 93.5 Å². The van der Waals surface area contributed by atoms with Crippen LogP contribution in [0.4, 0.5) is 11.4 Å². The summed E-state index contributed by atoms with van der Waals surface area (Å²) in [4.78, 5) is 0. The number of nitrogens with one attached hydrogen (secondary N) is 1. The second kappa shape index (κ2) is 12.8. The van der Waals surface area contributed by atoms with Crippen LogP contribution in [0.15, 0.2) is 200 Å². The van der Waals surface area contributed by atoms with Crippen molar-refractivity contribution in [2.75, 3.05) is 5.32 Å². The Hall–Kier alpha value is -6.64. The van der Waals surface area contributed by atoms with Crippen molar-refractivity contribution in [3.8, 4) is 50.2 Å². The Labute approximate surface area is 292 Å². The van der Waals surface area contributed by atoms with Crippen LogP contribution >= 0.6 is 0 Å². The van der Waals surface area contributed by atoms with Gasteiger partial charge in [-0.1, -0.05) is 146 Å². The highest BCUT2D eigenvalue weighted by Gasteiger charge is 2.15. The predicted octanol–water partition coefficient (Wildman–Crippen LogP) is 13.2. The number of hydrogen-bond acceptors (Lipinski definition) is 1. The van der Waals surface area contributed by atoms with Crippen molar-refractivity contribution in [1.82, 2.24) is 4.57 Å². The molecule has 0 unspecified atom stereocenters. The van der Waals surface area contributed by atoms with Crippen LogP contribution in [-0.4, -0.2) is 4.57 Å². The van der Waals surface area contributed by atoms with Crippen molar-refractivity contribution in [3.63, 3.8) is 0 Å². The summed E-state index contributed by atoms with van der Waals surface area (Å²) in [5, 5.41) is 6.20. The fourth-order valence-electron chi connectivity index (χ4n) is 7.11. The summed E-state index contributed by atoms with van der Waals surface area (Å²) in [6.45, 7) is 0. The van der Waals surface area contributed by atoms with Gasteiger partial charge in [0.2, 0.25) is 0 Å². The maximum atomic E-state index is 3.72. The molecule has 1 N–H and O–H groups in total. The summed E-state index contributed by atoms with van der Waals surface area (Å²) < 4.78 is 2.40. The molecule has 0 atom stereocenters. The molecule has 0 bridgehead atoms. The van der Waals surface area contributed by atoms with E-state index in [0.717, 1.165) is 22.6 Å². The summed E-state index contributed by atoms with van der Waals surface area (Å²) >= 11 is 0. The average molecular weight is 639 g/mol. The number of anilines is 2. The van der Waals surface area contributed by atoms with Gasteiger partial charge >= 0.3 is 0 Å². The van der Waals surface area contributed by atoms with Crippen LogP contribution in [0.3, 0.4) is 0 Å². The number of nitrogens with zero attached hydrogens (tertiary/aromatic N) is 1. The van der Waals surface area contributed by atoms with Gasteiger partial charge in [0.15, 0.2) is 0 Å². The molecule has 0 radical (unpaired) electrons. The maximum absolute atomic E-state index is 3.72. The molecule has 2 nitrogen and oxygen atoms in total. The lowest BCUT2D eigenvalue weighted by Gasteiger charge is -2.15. The van der Waals surface area contributed by atoms with E-state index in [0.29, 0.717) is 0 Å². The molecule has 0 aliphatic rings. The average Bonchev–Trinajstić information content (AvgIpc) is 3.53. The predicted molar refractivity (Wildman–Crippen MR) is 212 cm³/mol. The van der Waals surface area contributed by atoms with Gasteiger partial charge in [0.05, 0.1) is 11.0 Å². The minimum absolute atomic E-state index is 1.06. The maximum Gasteiger partial charge on any atom is 0.0541 e. The minimum Gasteiger partial charge on any atom is -0.355 e. The van der Waals surface area contributed by atoms with Gasteiger partial charge in [-0.3, -0.25) is 0 Å². The van der Waals surface area contributed by atoms with E-state index >= 15 is 0 Å². The topological polar surface area (TPSA) is 17.0 Å². The van der Waals surface area contributed by atoms with Gasteiger partial charge in [-0.15, -0.1) is 0 Å². The van der Waals surface area contributed by atoms with Gasteiger partial charge < -0.3 is 9.88 Å². The smallest absolute Gasteiger partial charge is 0.0541 e. The highest BCUT2D eigenvalue weighted by molar-refractivity contribution is 6.10. The fraction of sp³-hybridized carbons (Fsp3) is 0. The lowest BCUT2D eigenvalue weighted by atomic mass is 9.96. The number of hydrogen-bond donors (Lipinski definition) is 1. The molecular formula is C48H34N2. The van der Waals surface area contributed by atoms with Gasteiger partial charge in [-0.25, -0.2) is 0 Å². The first-order chi connectivity index (χ1) is 24.8. The van der Waals surface area contributed by atoms with Gasteiger partial charge in [-0.2, -0.15) is 0 Å². The minimum atomic E-state index is 1.06. The second-order valence-corrected chi connectivity index (χ2v) is 12.7. The van der Waals surface area contributed by atoms with Crippen molar-refractivity contribution >= 4 is 33.2 Å². The van der Waals surface area contributed by atoms with E-state index < -0.39 is 0 Å². The zero-order valence-electron chi connectivity index (χ0n) is 27.5. The lowest BCUT2D eigenvalue weighted by molar-refractivity contribution is 1.18. The molecule has 1 heterocycles. The third kappa shape index (κ3) is 5.53. The molecule has 1 aromatic heterocycles. The molecule has 236 valence electrons. The van der Waals surface area contributed by atoms with Crippen LogP contribution in [0.1, 0.15) is 0 Å². The molecule has 50 heavy (non-hydrogen) atoms. The SMILES string of the molecule is c1ccc(-c2ccc(Nc3ccc(-c4ccc5c(c4)c4ccccc4n5-c4cccc(-c5ccccc5)c4)cc3-c3ccccc3)cc2)cc1. The number of rotatable bonds is 7. The molecule has 0 saturated carbocycles. The summed E-state index contributed by atoms with van der Waals surface area (Å²) in [5.41, 5.74) is 15.2. The van der Waals surface area contributed by atoms with E-state index in [4.69, 9.17) is 0 Å². The third-order valence-corrected chi connectivity index (χ3v) is 9.59. The van der Waals surface area contributed by atoms with Crippen molar-refractivity contribution < 1.29 is 0 Å². The number of fused-ring (bicyclic) bond motifs is 3. The van der Waals surface area contributed by atoms with E-state index in [2.05, 4.69) is 210 Å². The molecule has 0 spiro atoms. The van der Waals surface area contributed by atoms with E-state index in [1.807, 2.05) is 0 Å². The normalized spacial score (nSPS) is 11.2. The number of benzene rings is 8. The molecule has 8 aromatic carbocycles. The van der Waals surface area contributed by atoms with Crippen LogP contribution in [0.2, 0.25) is 0 Å². The number of para-hydroxylation sites is 1. The molecule has 0 saturated heterocycles. The van der Waals surface area contributed by atoms with Crippen molar-refractivity contribution in [2.24, 2.45) is 0 Å². The van der Waals surface area contributed by atoms with Gasteiger partial charge in [0.1, 0.15) is 0 Å². The standard InChI is InChI=1S/C48H34N2/c1-4-13-34(14-5-1)36-23-27-41(28-24-36)49-46-29-25-39(32-44(46)37-17-8-3-9-18-37)40-26-30-48-45(33-40)43-21-10-11-22-47(43)50(48)42-20-12-19-38(31-42)35-15-6-2-7-16-35/h1-33,49H. The van der Waals surface area contributed by atoms with Crippen LogP contribution in [0.5, 0.6) is 0 Å². The first-order valence-electron chi connectivity index (χ1n) is 17.1. The molecular weight excluding hydrogens is 605 g/mol. The van der Waals surface area contributed by atoms with E-state index in [1.54, 1.807) is 0 Å². The third-order valence-electron chi connectivity index (χ3n) is 9.59. The number of aromatic nitrogens is 1. The summed E-state index contributed by atoms with van der Waals surface area (Å²) in [6, 6.07) is 71.7. The molecule has 2 heteroatoms. The molecule has 0 aliphatic carbocycles. The van der Waals surface area contributed by atoms with E-state index in [-0.39, 0.29) is 0 Å². The summed E-state index contributed by atoms with van der Waals surface area (Å²) in [6.07, 6.45) is 0. The molecule has 9 rings (SSSR count). The van der Waals surface area contributed by atoms with Crippen molar-refractivity contribution in [3.05, 3.63) is 200 Å². The molecule has 0 aliphatic heterocycles.